The van der Waals surface area contributed by atoms with Gasteiger partial charge in [-0.1, -0.05) is 59.9 Å². The van der Waals surface area contributed by atoms with Gasteiger partial charge in [0.15, 0.2) is 0 Å². The minimum absolute atomic E-state index is 0.0740. The number of likely N-dealkylation sites (N-methyl/N-ethyl adjacent to an activating group) is 1. The average molecular weight is 627 g/mol. The van der Waals surface area contributed by atoms with Crippen LogP contribution in [0.3, 0.4) is 0 Å². The van der Waals surface area contributed by atoms with E-state index in [1.54, 1.807) is 56.3 Å². The highest BCUT2D eigenvalue weighted by Gasteiger charge is 2.35. The largest absolute Gasteiger partial charge is 0.492 e. The highest BCUT2D eigenvalue weighted by atomic mass is 35.5. The summed E-state index contributed by atoms with van der Waals surface area (Å²) in [4.78, 5) is 28.1. The minimum atomic E-state index is -4.29. The van der Waals surface area contributed by atoms with Crippen molar-refractivity contribution in [3.05, 3.63) is 87.4 Å². The molecule has 0 unspecified atom stereocenters. The van der Waals surface area contributed by atoms with Gasteiger partial charge >= 0.3 is 0 Å². The van der Waals surface area contributed by atoms with Crippen LogP contribution in [0.2, 0.25) is 15.1 Å². The van der Waals surface area contributed by atoms with Crippen molar-refractivity contribution in [3.8, 4) is 5.75 Å². The summed E-state index contributed by atoms with van der Waals surface area (Å²) in [6.07, 6.45) is 0.257. The third kappa shape index (κ3) is 7.20. The molecule has 2 amide bonds. The van der Waals surface area contributed by atoms with Crippen LogP contribution in [0.15, 0.2) is 71.6 Å². The van der Waals surface area contributed by atoms with E-state index in [4.69, 9.17) is 39.5 Å². The van der Waals surface area contributed by atoms with Crippen molar-refractivity contribution in [2.24, 2.45) is 0 Å². The number of rotatable bonds is 12. The number of nitrogens with zero attached hydrogens (tertiary/aromatic N) is 2. The summed E-state index contributed by atoms with van der Waals surface area (Å²) in [5.41, 5.74) is 0.597. The lowest BCUT2D eigenvalue weighted by Crippen LogP contribution is -2.51. The predicted octanol–water partition coefficient (Wildman–Crippen LogP) is 5.79. The second-order valence-electron chi connectivity index (χ2n) is 8.63. The Labute approximate surface area is 249 Å². The van der Waals surface area contributed by atoms with Crippen LogP contribution in [-0.2, 0) is 26.2 Å². The number of para-hydroxylation sites is 2. The number of nitrogens with one attached hydrogen (secondary N) is 1. The summed E-state index contributed by atoms with van der Waals surface area (Å²) < 4.78 is 34.7. The van der Waals surface area contributed by atoms with Crippen LogP contribution in [0.4, 0.5) is 5.69 Å². The molecule has 0 bridgehead atoms. The topological polar surface area (TPSA) is 96.0 Å². The van der Waals surface area contributed by atoms with E-state index in [-0.39, 0.29) is 35.9 Å². The molecule has 0 fully saturated rings. The molecule has 0 radical (unpaired) electrons. The first-order chi connectivity index (χ1) is 19.0. The lowest BCUT2D eigenvalue weighted by Gasteiger charge is -2.33. The molecule has 0 aliphatic rings. The second-order valence-corrected chi connectivity index (χ2v) is 11.7. The number of amides is 2. The number of benzene rings is 3. The number of carbonyl (C=O) groups is 2. The van der Waals surface area contributed by atoms with Gasteiger partial charge in [0.25, 0.3) is 10.0 Å². The van der Waals surface area contributed by atoms with E-state index in [0.717, 1.165) is 4.31 Å². The molecule has 0 aliphatic carbocycles. The molecule has 1 N–H and O–H groups in total. The number of hydrogen-bond donors (Lipinski definition) is 1. The van der Waals surface area contributed by atoms with Crippen LogP contribution in [0.1, 0.15) is 25.8 Å². The van der Waals surface area contributed by atoms with Crippen molar-refractivity contribution < 1.29 is 22.7 Å². The lowest BCUT2D eigenvalue weighted by molar-refractivity contribution is -0.140. The number of carbonyl (C=O) groups excluding carboxylic acids is 2. The van der Waals surface area contributed by atoms with Crippen LogP contribution in [0, 0.1) is 0 Å². The number of sulfonamides is 1. The first-order valence-corrected chi connectivity index (χ1v) is 15.1. The van der Waals surface area contributed by atoms with Gasteiger partial charge in [-0.15, -0.1) is 0 Å². The van der Waals surface area contributed by atoms with E-state index in [1.807, 2.05) is 0 Å². The number of ether oxygens (including phenoxy) is 1. The van der Waals surface area contributed by atoms with Crippen LogP contribution in [0.5, 0.6) is 5.75 Å². The number of hydrogen-bond acceptors (Lipinski definition) is 5. The van der Waals surface area contributed by atoms with Crippen LogP contribution >= 0.6 is 34.8 Å². The molecule has 0 heterocycles. The molecule has 0 aromatic heterocycles. The normalized spacial score (nSPS) is 11.9. The molecule has 0 saturated carbocycles. The molecule has 0 aliphatic heterocycles. The van der Waals surface area contributed by atoms with E-state index in [2.05, 4.69) is 5.32 Å². The summed E-state index contributed by atoms with van der Waals surface area (Å²) in [5.74, 6) is -0.787. The molecule has 0 spiro atoms. The Kier molecular flexibility index (Phi) is 11.1. The van der Waals surface area contributed by atoms with Gasteiger partial charge < -0.3 is 15.0 Å². The maximum atomic E-state index is 14.1. The zero-order chi connectivity index (χ0) is 29.4. The van der Waals surface area contributed by atoms with Crippen molar-refractivity contribution in [3.63, 3.8) is 0 Å². The molecule has 1 atom stereocenters. The van der Waals surface area contributed by atoms with E-state index < -0.39 is 34.4 Å². The summed E-state index contributed by atoms with van der Waals surface area (Å²) in [6, 6.07) is 16.1. The Morgan fingerprint density at radius 2 is 1.55 bits per heavy atom. The molecule has 12 heteroatoms. The summed E-state index contributed by atoms with van der Waals surface area (Å²) in [6.45, 7) is 3.03. The lowest BCUT2D eigenvalue weighted by atomic mass is 10.1. The monoisotopic (exact) mass is 625 g/mol. The molecular formula is C28H30Cl3N3O5S. The zero-order valence-corrected chi connectivity index (χ0v) is 25.3. The highest BCUT2D eigenvalue weighted by Crippen LogP contribution is 2.34. The van der Waals surface area contributed by atoms with E-state index >= 15 is 0 Å². The first kappa shape index (κ1) is 31.5. The van der Waals surface area contributed by atoms with Crippen LogP contribution in [0.25, 0.3) is 0 Å². The minimum Gasteiger partial charge on any atom is -0.492 e. The van der Waals surface area contributed by atoms with Crippen LogP contribution < -0.4 is 14.4 Å². The molecule has 214 valence electrons. The molecular weight excluding hydrogens is 597 g/mol. The van der Waals surface area contributed by atoms with Crippen molar-refractivity contribution in [1.29, 1.82) is 0 Å². The van der Waals surface area contributed by atoms with Crippen molar-refractivity contribution in [1.82, 2.24) is 10.2 Å². The van der Waals surface area contributed by atoms with Gasteiger partial charge in [-0.05, 0) is 61.9 Å². The Morgan fingerprint density at radius 1 is 0.925 bits per heavy atom. The molecule has 3 rings (SSSR count). The highest BCUT2D eigenvalue weighted by molar-refractivity contribution is 7.92. The average Bonchev–Trinajstić information content (AvgIpc) is 2.93. The van der Waals surface area contributed by atoms with Gasteiger partial charge in [0, 0.05) is 34.2 Å². The van der Waals surface area contributed by atoms with Gasteiger partial charge in [-0.3, -0.25) is 13.9 Å². The SMILES string of the molecule is CCOc1ccccc1N(CC(=O)N(Cc1c(Cl)cccc1Cl)[C@H](CC)C(=O)NC)S(=O)(=O)c1ccc(Cl)cc1. The Bertz CT molecular complexity index is 1430. The second kappa shape index (κ2) is 14.1. The summed E-state index contributed by atoms with van der Waals surface area (Å²) in [5, 5.41) is 3.55. The smallest absolute Gasteiger partial charge is 0.264 e. The number of anilines is 1. The first-order valence-electron chi connectivity index (χ1n) is 12.5. The fraction of sp³-hybridized carbons (Fsp3) is 0.286. The number of halogens is 3. The fourth-order valence-electron chi connectivity index (χ4n) is 4.13. The molecule has 0 saturated heterocycles. The fourth-order valence-corrected chi connectivity index (χ4v) is 6.20. The van der Waals surface area contributed by atoms with Crippen molar-refractivity contribution in [2.75, 3.05) is 24.5 Å². The van der Waals surface area contributed by atoms with E-state index in [1.165, 1.54) is 36.2 Å². The predicted molar refractivity (Wildman–Crippen MR) is 159 cm³/mol. The van der Waals surface area contributed by atoms with Crippen LogP contribution in [-0.4, -0.2) is 51.4 Å². The Balaban J connectivity index is 2.15. The maximum absolute atomic E-state index is 14.1. The Morgan fingerprint density at radius 3 is 2.12 bits per heavy atom. The van der Waals surface area contributed by atoms with E-state index in [0.29, 0.717) is 20.6 Å². The van der Waals surface area contributed by atoms with Crippen molar-refractivity contribution in [2.45, 2.75) is 37.8 Å². The molecule has 3 aromatic rings. The Hall–Kier alpha value is -2.98. The van der Waals surface area contributed by atoms with Gasteiger partial charge in [-0.25, -0.2) is 8.42 Å². The summed E-state index contributed by atoms with van der Waals surface area (Å²) in [7, 11) is -2.83. The molecule has 3 aromatic carbocycles. The van der Waals surface area contributed by atoms with Crippen molar-refractivity contribution >= 4 is 62.3 Å². The summed E-state index contributed by atoms with van der Waals surface area (Å²) >= 11 is 18.8. The molecule has 8 nitrogen and oxygen atoms in total. The van der Waals surface area contributed by atoms with E-state index in [9.17, 15) is 18.0 Å². The van der Waals surface area contributed by atoms with Gasteiger partial charge in [0.2, 0.25) is 11.8 Å². The molecule has 40 heavy (non-hydrogen) atoms. The van der Waals surface area contributed by atoms with Gasteiger partial charge in [0.1, 0.15) is 18.3 Å². The van der Waals surface area contributed by atoms with Gasteiger partial charge in [0.05, 0.1) is 17.2 Å². The third-order valence-electron chi connectivity index (χ3n) is 6.14. The third-order valence-corrected chi connectivity index (χ3v) is 8.87. The zero-order valence-electron chi connectivity index (χ0n) is 22.2. The quantitative estimate of drug-likeness (QED) is 0.274. The maximum Gasteiger partial charge on any atom is 0.264 e. The van der Waals surface area contributed by atoms with Gasteiger partial charge in [-0.2, -0.15) is 0 Å². The standard InChI is InChI=1S/C28H30Cl3N3O5S/c1-4-24(28(36)32-3)33(17-21-22(30)9-8-10-23(21)31)27(35)18-34(25-11-6-7-12-26(25)39-5-2)40(37,38)20-15-13-19(29)14-16-20/h6-16,24H,4-5,17-18H2,1-3H3,(H,32,36)/t24-/m1/s1.